The van der Waals surface area contributed by atoms with Gasteiger partial charge in [0.2, 0.25) is 5.91 Å². The van der Waals surface area contributed by atoms with Crippen LogP contribution in [0, 0.1) is 0 Å². The van der Waals surface area contributed by atoms with E-state index in [2.05, 4.69) is 11.1 Å². The van der Waals surface area contributed by atoms with E-state index < -0.39 is 0 Å². The van der Waals surface area contributed by atoms with Gasteiger partial charge in [0.1, 0.15) is 5.01 Å². The molecule has 0 saturated carbocycles. The molecule has 0 atom stereocenters. The van der Waals surface area contributed by atoms with E-state index in [1.54, 1.807) is 22.7 Å². The molecule has 0 N–H and O–H groups in total. The molecule has 0 aromatic carbocycles. The van der Waals surface area contributed by atoms with Crippen LogP contribution in [0.5, 0.6) is 0 Å². The Labute approximate surface area is 115 Å². The lowest BCUT2D eigenvalue weighted by atomic mass is 10.3. The van der Waals surface area contributed by atoms with Crippen LogP contribution in [0.25, 0.3) is 9.88 Å². The van der Waals surface area contributed by atoms with Crippen LogP contribution in [0.1, 0.15) is 19.5 Å². The van der Waals surface area contributed by atoms with Gasteiger partial charge in [0.25, 0.3) is 0 Å². The zero-order valence-corrected chi connectivity index (χ0v) is 12.2. The maximum atomic E-state index is 12.0. The Kier molecular flexibility index (Phi) is 4.49. The molecular weight excluding hydrogens is 264 g/mol. The van der Waals surface area contributed by atoms with E-state index in [9.17, 15) is 4.79 Å². The molecule has 96 valence electrons. The third-order valence-electron chi connectivity index (χ3n) is 2.73. The fourth-order valence-corrected chi connectivity index (χ4v) is 3.38. The van der Waals surface area contributed by atoms with Crippen LogP contribution >= 0.6 is 22.7 Å². The second-order valence-electron chi connectivity index (χ2n) is 3.86. The van der Waals surface area contributed by atoms with Crippen molar-refractivity contribution in [1.82, 2.24) is 9.88 Å². The molecule has 2 aromatic rings. The van der Waals surface area contributed by atoms with Crippen LogP contribution in [0.15, 0.2) is 22.9 Å². The SMILES string of the molecule is CCN(CC)C(=O)Cc1csc(-c2cccs2)n1. The Morgan fingerprint density at radius 3 is 2.72 bits per heavy atom. The molecular formula is C13H16N2OS2. The molecule has 0 saturated heterocycles. The first-order valence-corrected chi connectivity index (χ1v) is 7.76. The van der Waals surface area contributed by atoms with E-state index in [4.69, 9.17) is 0 Å². The largest absolute Gasteiger partial charge is 0.343 e. The Hall–Kier alpha value is -1.20. The van der Waals surface area contributed by atoms with Crippen molar-refractivity contribution in [1.29, 1.82) is 0 Å². The fraction of sp³-hybridized carbons (Fsp3) is 0.385. The first-order chi connectivity index (χ1) is 8.74. The molecule has 0 radical (unpaired) electrons. The van der Waals surface area contributed by atoms with E-state index in [1.807, 2.05) is 35.6 Å². The number of hydrogen-bond acceptors (Lipinski definition) is 4. The molecule has 5 heteroatoms. The predicted molar refractivity (Wildman–Crippen MR) is 77.1 cm³/mol. The van der Waals surface area contributed by atoms with Gasteiger partial charge in [-0.2, -0.15) is 0 Å². The average molecular weight is 280 g/mol. The lowest BCUT2D eigenvalue weighted by Crippen LogP contribution is -2.31. The molecule has 0 aliphatic heterocycles. The van der Waals surface area contributed by atoms with Gasteiger partial charge in [0.15, 0.2) is 0 Å². The number of amides is 1. The highest BCUT2D eigenvalue weighted by molar-refractivity contribution is 7.20. The number of aromatic nitrogens is 1. The maximum Gasteiger partial charge on any atom is 0.228 e. The van der Waals surface area contributed by atoms with Gasteiger partial charge < -0.3 is 4.90 Å². The fourth-order valence-electron chi connectivity index (χ4n) is 1.74. The average Bonchev–Trinajstić information content (AvgIpc) is 3.00. The van der Waals surface area contributed by atoms with Gasteiger partial charge in [-0.1, -0.05) is 6.07 Å². The van der Waals surface area contributed by atoms with E-state index in [-0.39, 0.29) is 5.91 Å². The van der Waals surface area contributed by atoms with Crippen molar-refractivity contribution in [2.45, 2.75) is 20.3 Å². The van der Waals surface area contributed by atoms with Crippen LogP contribution in [-0.4, -0.2) is 28.9 Å². The minimum atomic E-state index is 0.156. The van der Waals surface area contributed by atoms with Crippen molar-refractivity contribution in [2.24, 2.45) is 0 Å². The minimum absolute atomic E-state index is 0.156. The second-order valence-corrected chi connectivity index (χ2v) is 5.67. The highest BCUT2D eigenvalue weighted by Gasteiger charge is 2.13. The van der Waals surface area contributed by atoms with Crippen LogP contribution in [0.2, 0.25) is 0 Å². The summed E-state index contributed by atoms with van der Waals surface area (Å²) in [7, 11) is 0. The van der Waals surface area contributed by atoms with Crippen LogP contribution < -0.4 is 0 Å². The zero-order chi connectivity index (χ0) is 13.0. The summed E-state index contributed by atoms with van der Waals surface area (Å²) in [5.41, 5.74) is 0.875. The second kappa shape index (κ2) is 6.11. The molecule has 0 bridgehead atoms. The molecule has 0 spiro atoms. The summed E-state index contributed by atoms with van der Waals surface area (Å²) in [5.74, 6) is 0.156. The molecule has 2 aromatic heterocycles. The van der Waals surface area contributed by atoms with Crippen LogP contribution in [0.4, 0.5) is 0 Å². The Bertz CT molecular complexity index is 501. The molecule has 2 heterocycles. The van der Waals surface area contributed by atoms with E-state index >= 15 is 0 Å². The third kappa shape index (κ3) is 2.97. The number of carbonyl (C=O) groups is 1. The van der Waals surface area contributed by atoms with Gasteiger partial charge in [-0.25, -0.2) is 4.98 Å². The lowest BCUT2D eigenvalue weighted by molar-refractivity contribution is -0.130. The molecule has 3 nitrogen and oxygen atoms in total. The summed E-state index contributed by atoms with van der Waals surface area (Å²) in [4.78, 5) is 19.5. The van der Waals surface area contributed by atoms with Crippen LogP contribution in [-0.2, 0) is 11.2 Å². The Balaban J connectivity index is 2.05. The highest BCUT2D eigenvalue weighted by Crippen LogP contribution is 2.27. The Morgan fingerprint density at radius 2 is 2.11 bits per heavy atom. The lowest BCUT2D eigenvalue weighted by Gasteiger charge is -2.17. The van der Waals surface area contributed by atoms with Gasteiger partial charge in [0, 0.05) is 18.5 Å². The number of carbonyl (C=O) groups excluding carboxylic acids is 1. The van der Waals surface area contributed by atoms with Gasteiger partial charge in [0.05, 0.1) is 17.0 Å². The monoisotopic (exact) mass is 280 g/mol. The quantitative estimate of drug-likeness (QED) is 0.842. The first kappa shape index (κ1) is 13.2. The standard InChI is InChI=1S/C13H16N2OS2/c1-3-15(4-2)12(16)8-10-9-18-13(14-10)11-6-5-7-17-11/h5-7,9H,3-4,8H2,1-2H3. The van der Waals surface area contributed by atoms with Crippen molar-refractivity contribution in [3.8, 4) is 9.88 Å². The summed E-state index contributed by atoms with van der Waals surface area (Å²) in [6.45, 7) is 5.52. The van der Waals surface area contributed by atoms with Crippen molar-refractivity contribution >= 4 is 28.6 Å². The first-order valence-electron chi connectivity index (χ1n) is 6.00. The number of nitrogens with zero attached hydrogens (tertiary/aromatic N) is 2. The van der Waals surface area contributed by atoms with Crippen molar-refractivity contribution in [3.05, 3.63) is 28.6 Å². The summed E-state index contributed by atoms with van der Waals surface area (Å²) >= 11 is 3.28. The minimum Gasteiger partial charge on any atom is -0.343 e. The van der Waals surface area contributed by atoms with Gasteiger partial charge in [-0.3, -0.25) is 4.79 Å². The number of thiophene rings is 1. The zero-order valence-electron chi connectivity index (χ0n) is 10.5. The van der Waals surface area contributed by atoms with Gasteiger partial charge in [-0.05, 0) is 25.3 Å². The maximum absolute atomic E-state index is 12.0. The summed E-state index contributed by atoms with van der Waals surface area (Å²) in [6.07, 6.45) is 0.406. The summed E-state index contributed by atoms with van der Waals surface area (Å²) in [6, 6.07) is 4.07. The molecule has 0 aliphatic rings. The van der Waals surface area contributed by atoms with E-state index in [0.29, 0.717) is 6.42 Å². The number of thiazole rings is 1. The molecule has 0 unspecified atom stereocenters. The number of likely N-dealkylation sites (N-methyl/N-ethyl adjacent to an activating group) is 1. The van der Waals surface area contributed by atoms with Crippen molar-refractivity contribution < 1.29 is 4.79 Å². The van der Waals surface area contributed by atoms with E-state index in [1.165, 1.54) is 4.88 Å². The van der Waals surface area contributed by atoms with Gasteiger partial charge >= 0.3 is 0 Å². The van der Waals surface area contributed by atoms with Crippen LogP contribution in [0.3, 0.4) is 0 Å². The van der Waals surface area contributed by atoms with Gasteiger partial charge in [-0.15, -0.1) is 22.7 Å². The third-order valence-corrected chi connectivity index (χ3v) is 4.66. The topological polar surface area (TPSA) is 33.2 Å². The summed E-state index contributed by atoms with van der Waals surface area (Å²) < 4.78 is 0. The van der Waals surface area contributed by atoms with Crippen molar-refractivity contribution in [2.75, 3.05) is 13.1 Å². The molecule has 18 heavy (non-hydrogen) atoms. The Morgan fingerprint density at radius 1 is 1.33 bits per heavy atom. The normalized spacial score (nSPS) is 10.6. The number of rotatable bonds is 5. The molecule has 0 fully saturated rings. The predicted octanol–water partition coefficient (Wildman–Crippen LogP) is 3.28. The highest BCUT2D eigenvalue weighted by atomic mass is 32.1. The van der Waals surface area contributed by atoms with E-state index in [0.717, 1.165) is 23.8 Å². The summed E-state index contributed by atoms with van der Waals surface area (Å²) in [5, 5.41) is 5.03. The molecule has 0 aliphatic carbocycles. The number of hydrogen-bond donors (Lipinski definition) is 0. The smallest absolute Gasteiger partial charge is 0.228 e. The van der Waals surface area contributed by atoms with Crippen molar-refractivity contribution in [3.63, 3.8) is 0 Å². The molecule has 1 amide bonds. The molecule has 2 rings (SSSR count).